The molecular formula is C10H8Cl2N2O4S2. The summed E-state index contributed by atoms with van der Waals surface area (Å²) in [6, 6.07) is 2.58. The highest BCUT2D eigenvalue weighted by atomic mass is 35.5. The average Bonchev–Trinajstić information content (AvgIpc) is 2.81. The van der Waals surface area contributed by atoms with E-state index in [9.17, 15) is 13.2 Å². The predicted molar refractivity (Wildman–Crippen MR) is 77.6 cm³/mol. The van der Waals surface area contributed by atoms with E-state index in [0.29, 0.717) is 5.69 Å². The van der Waals surface area contributed by atoms with Crippen molar-refractivity contribution in [1.29, 1.82) is 0 Å². The number of hydrogen-bond acceptors (Lipinski definition) is 4. The van der Waals surface area contributed by atoms with E-state index in [4.69, 9.17) is 28.3 Å². The van der Waals surface area contributed by atoms with Gasteiger partial charge in [-0.3, -0.25) is 4.72 Å². The number of aromatic nitrogens is 1. The molecule has 2 rings (SSSR count). The molecule has 0 radical (unpaired) electrons. The van der Waals surface area contributed by atoms with Gasteiger partial charge in [-0.1, -0.05) is 23.2 Å². The van der Waals surface area contributed by atoms with Crippen molar-refractivity contribution in [1.82, 2.24) is 4.98 Å². The van der Waals surface area contributed by atoms with E-state index in [-0.39, 0.29) is 24.9 Å². The number of aromatic carboxylic acids is 1. The summed E-state index contributed by atoms with van der Waals surface area (Å²) in [5.74, 6) is -1.27. The molecule has 0 atom stereocenters. The van der Waals surface area contributed by atoms with Crippen molar-refractivity contribution in [2.75, 3.05) is 4.72 Å². The van der Waals surface area contributed by atoms with Gasteiger partial charge in [0.1, 0.15) is 14.9 Å². The first-order valence-corrected chi connectivity index (χ1v) is 8.17. The Morgan fingerprint density at radius 1 is 1.40 bits per heavy atom. The largest absolute Gasteiger partial charge is 0.477 e. The molecule has 0 saturated heterocycles. The van der Waals surface area contributed by atoms with Gasteiger partial charge in [0.25, 0.3) is 10.0 Å². The number of thiophene rings is 1. The zero-order valence-corrected chi connectivity index (χ0v) is 13.0. The summed E-state index contributed by atoms with van der Waals surface area (Å²) >= 11 is 12.4. The minimum Gasteiger partial charge on any atom is -0.477 e. The number of anilines is 1. The number of sulfonamides is 1. The SMILES string of the molecule is Cc1cc(NS(=O)(=O)c2cc(Cl)sc2Cl)c(C(=O)O)[nH]1. The van der Waals surface area contributed by atoms with E-state index in [2.05, 4.69) is 9.71 Å². The zero-order valence-electron chi connectivity index (χ0n) is 9.90. The summed E-state index contributed by atoms with van der Waals surface area (Å²) in [5.41, 5.74) is 0.200. The van der Waals surface area contributed by atoms with E-state index < -0.39 is 16.0 Å². The maximum absolute atomic E-state index is 12.2. The summed E-state index contributed by atoms with van der Waals surface area (Å²) in [6.45, 7) is 1.61. The fourth-order valence-electron chi connectivity index (χ4n) is 1.55. The van der Waals surface area contributed by atoms with Gasteiger partial charge in [-0.15, -0.1) is 11.3 Å². The van der Waals surface area contributed by atoms with Crippen LogP contribution < -0.4 is 4.72 Å². The van der Waals surface area contributed by atoms with Crippen LogP contribution in [0.25, 0.3) is 0 Å². The van der Waals surface area contributed by atoms with Gasteiger partial charge in [0.2, 0.25) is 0 Å². The third-order valence-electron chi connectivity index (χ3n) is 2.33. The molecule has 10 heteroatoms. The molecule has 20 heavy (non-hydrogen) atoms. The van der Waals surface area contributed by atoms with Crippen LogP contribution in [0.4, 0.5) is 5.69 Å². The second-order valence-corrected chi connectivity index (χ2v) is 7.78. The fourth-order valence-corrected chi connectivity index (χ4v) is 4.76. The molecule has 0 amide bonds. The van der Waals surface area contributed by atoms with Crippen molar-refractivity contribution in [2.24, 2.45) is 0 Å². The Morgan fingerprint density at radius 2 is 2.05 bits per heavy atom. The van der Waals surface area contributed by atoms with Crippen LogP contribution in [0.15, 0.2) is 17.0 Å². The second kappa shape index (κ2) is 5.28. The van der Waals surface area contributed by atoms with Gasteiger partial charge in [0.15, 0.2) is 0 Å². The Hall–Kier alpha value is -1.22. The molecule has 0 bridgehead atoms. The van der Waals surface area contributed by atoms with Gasteiger partial charge < -0.3 is 10.1 Å². The van der Waals surface area contributed by atoms with Gasteiger partial charge in [0.05, 0.1) is 10.0 Å². The maximum Gasteiger partial charge on any atom is 0.354 e. The molecule has 0 saturated carbocycles. The van der Waals surface area contributed by atoms with Gasteiger partial charge in [-0.2, -0.15) is 0 Å². The lowest BCUT2D eigenvalue weighted by Crippen LogP contribution is -2.14. The number of nitrogens with one attached hydrogen (secondary N) is 2. The van der Waals surface area contributed by atoms with Crippen molar-refractivity contribution in [2.45, 2.75) is 11.8 Å². The predicted octanol–water partition coefficient (Wildman–Crippen LogP) is 3.19. The number of carboxylic acids is 1. The third-order valence-corrected chi connectivity index (χ3v) is 5.44. The monoisotopic (exact) mass is 354 g/mol. The Balaban J connectivity index is 2.43. The van der Waals surface area contributed by atoms with Crippen molar-refractivity contribution >= 4 is 56.2 Å². The fraction of sp³-hybridized carbons (Fsp3) is 0.100. The molecule has 2 aromatic rings. The molecule has 0 spiro atoms. The van der Waals surface area contributed by atoms with E-state index >= 15 is 0 Å². The summed E-state index contributed by atoms with van der Waals surface area (Å²) in [7, 11) is -4.01. The van der Waals surface area contributed by atoms with Crippen LogP contribution in [0.1, 0.15) is 16.2 Å². The van der Waals surface area contributed by atoms with E-state index in [1.54, 1.807) is 6.92 Å². The minimum atomic E-state index is -4.01. The second-order valence-electron chi connectivity index (χ2n) is 3.84. The zero-order chi connectivity index (χ0) is 15.1. The first kappa shape index (κ1) is 15.2. The van der Waals surface area contributed by atoms with Crippen LogP contribution >= 0.6 is 34.5 Å². The summed E-state index contributed by atoms with van der Waals surface area (Å²) in [4.78, 5) is 13.4. The highest BCUT2D eigenvalue weighted by Crippen LogP contribution is 2.35. The molecule has 0 aliphatic carbocycles. The number of aryl methyl sites for hydroxylation is 1. The summed E-state index contributed by atoms with van der Waals surface area (Å²) in [6.07, 6.45) is 0. The van der Waals surface area contributed by atoms with Crippen LogP contribution in [-0.4, -0.2) is 24.5 Å². The lowest BCUT2D eigenvalue weighted by atomic mass is 10.4. The number of rotatable bonds is 4. The molecule has 2 aromatic heterocycles. The van der Waals surface area contributed by atoms with E-state index in [0.717, 1.165) is 11.3 Å². The first-order valence-electron chi connectivity index (χ1n) is 5.11. The highest BCUT2D eigenvalue weighted by Gasteiger charge is 2.24. The van der Waals surface area contributed by atoms with Gasteiger partial charge in [-0.05, 0) is 19.1 Å². The Morgan fingerprint density at radius 3 is 2.55 bits per heavy atom. The molecule has 0 fully saturated rings. The van der Waals surface area contributed by atoms with E-state index in [1.807, 2.05) is 0 Å². The first-order chi connectivity index (χ1) is 9.20. The molecular weight excluding hydrogens is 347 g/mol. The molecule has 0 aliphatic heterocycles. The Kier molecular flexibility index (Phi) is 4.01. The topological polar surface area (TPSA) is 99.3 Å². The Labute approximate surface area is 128 Å². The molecule has 2 heterocycles. The van der Waals surface area contributed by atoms with Gasteiger partial charge in [0, 0.05) is 5.69 Å². The maximum atomic E-state index is 12.2. The van der Waals surface area contributed by atoms with E-state index in [1.165, 1.54) is 12.1 Å². The molecule has 3 N–H and O–H groups in total. The van der Waals surface area contributed by atoms with Crippen LogP contribution in [0.5, 0.6) is 0 Å². The van der Waals surface area contributed by atoms with Crippen molar-refractivity contribution in [3.63, 3.8) is 0 Å². The Bertz CT molecular complexity index is 779. The quantitative estimate of drug-likeness (QED) is 0.784. The lowest BCUT2D eigenvalue weighted by molar-refractivity contribution is 0.0692. The summed E-state index contributed by atoms with van der Waals surface area (Å²) < 4.78 is 26.7. The van der Waals surface area contributed by atoms with Crippen LogP contribution in [0.2, 0.25) is 8.67 Å². The summed E-state index contributed by atoms with van der Waals surface area (Å²) in [5, 5.41) is 8.99. The third kappa shape index (κ3) is 2.93. The van der Waals surface area contributed by atoms with Crippen LogP contribution in [0.3, 0.4) is 0 Å². The molecule has 0 aliphatic rings. The van der Waals surface area contributed by atoms with Crippen molar-refractivity contribution < 1.29 is 18.3 Å². The van der Waals surface area contributed by atoms with Gasteiger partial charge >= 0.3 is 5.97 Å². The average molecular weight is 355 g/mol. The molecule has 108 valence electrons. The molecule has 0 unspecified atom stereocenters. The normalized spacial score (nSPS) is 11.6. The number of aromatic amines is 1. The smallest absolute Gasteiger partial charge is 0.354 e. The van der Waals surface area contributed by atoms with Crippen LogP contribution in [-0.2, 0) is 10.0 Å². The highest BCUT2D eigenvalue weighted by molar-refractivity contribution is 7.93. The number of H-pyrrole nitrogens is 1. The lowest BCUT2D eigenvalue weighted by Gasteiger charge is -2.06. The number of hydrogen-bond donors (Lipinski definition) is 3. The number of carbonyl (C=O) groups is 1. The van der Waals surface area contributed by atoms with Gasteiger partial charge in [-0.25, -0.2) is 13.2 Å². The standard InChI is InChI=1S/C10H8Cl2N2O4S2/c1-4-2-5(8(13-4)10(15)16)14-20(17,18)6-3-7(11)19-9(6)12/h2-3,13-14H,1H3,(H,15,16). The minimum absolute atomic E-state index is 0.00614. The number of carboxylic acid groups (broad SMARTS) is 1. The molecule has 6 nitrogen and oxygen atoms in total. The molecule has 0 aromatic carbocycles. The van der Waals surface area contributed by atoms with Crippen molar-refractivity contribution in [3.05, 3.63) is 32.2 Å². The number of halogens is 2. The van der Waals surface area contributed by atoms with Crippen molar-refractivity contribution in [3.8, 4) is 0 Å². The van der Waals surface area contributed by atoms with Crippen LogP contribution in [0, 0.1) is 6.92 Å².